The highest BCUT2D eigenvalue weighted by Crippen LogP contribution is 2.33. The van der Waals surface area contributed by atoms with Crippen LogP contribution in [-0.4, -0.2) is 22.8 Å². The van der Waals surface area contributed by atoms with Gasteiger partial charge in [0.2, 0.25) is 0 Å². The molecule has 2 aromatic heterocycles. The van der Waals surface area contributed by atoms with Crippen LogP contribution < -0.4 is 10.1 Å². The first-order valence-corrected chi connectivity index (χ1v) is 9.34. The number of furan rings is 1. The van der Waals surface area contributed by atoms with Crippen LogP contribution in [0.5, 0.6) is 11.5 Å². The smallest absolute Gasteiger partial charge is 0.257 e. The second-order valence-corrected chi connectivity index (χ2v) is 6.81. The van der Waals surface area contributed by atoms with E-state index in [1.54, 1.807) is 60.6 Å². The Labute approximate surface area is 170 Å². The molecule has 0 unspecified atom stereocenters. The van der Waals surface area contributed by atoms with Crippen molar-refractivity contribution in [2.45, 2.75) is 4.90 Å². The van der Waals surface area contributed by atoms with Gasteiger partial charge in [0.1, 0.15) is 5.75 Å². The van der Waals surface area contributed by atoms with Crippen molar-refractivity contribution in [3.63, 3.8) is 0 Å². The highest BCUT2D eigenvalue weighted by Gasteiger charge is 2.15. The zero-order valence-corrected chi connectivity index (χ0v) is 16.4. The van der Waals surface area contributed by atoms with E-state index in [4.69, 9.17) is 13.5 Å². The average molecular weight is 411 g/mol. The molecule has 2 heterocycles. The summed E-state index contributed by atoms with van der Waals surface area (Å²) in [5, 5.41) is 7.69. The summed E-state index contributed by atoms with van der Waals surface area (Å²) in [5.41, 5.74) is 0.987. The maximum Gasteiger partial charge on any atom is 0.257 e. The van der Waals surface area contributed by atoms with Gasteiger partial charge in [-0.25, -0.2) is 4.89 Å². The number of carbonyl (C=O) groups is 1. The van der Waals surface area contributed by atoms with Gasteiger partial charge in [-0.2, -0.15) is 9.43 Å². The molecule has 0 radical (unpaired) electrons. The van der Waals surface area contributed by atoms with Crippen molar-refractivity contribution >= 4 is 34.7 Å². The molecule has 1 N–H and O–H groups in total. The van der Waals surface area contributed by atoms with E-state index < -0.39 is 0 Å². The largest absolute Gasteiger partial charge is 0.460 e. The lowest BCUT2D eigenvalue weighted by Crippen LogP contribution is -2.12. The predicted molar refractivity (Wildman–Crippen MR) is 108 cm³/mol. The SMILES string of the molecule is COOSc1ccc(Oc2cc(C(=O)Nc3ccn(C)n3)cc3ccoc23)cc1. The van der Waals surface area contributed by atoms with Gasteiger partial charge < -0.3 is 14.5 Å². The summed E-state index contributed by atoms with van der Waals surface area (Å²) in [6, 6.07) is 14.1. The summed E-state index contributed by atoms with van der Waals surface area (Å²) in [6.07, 6.45) is 3.31. The lowest BCUT2D eigenvalue weighted by molar-refractivity contribution is -0.160. The molecule has 9 heteroatoms. The molecule has 29 heavy (non-hydrogen) atoms. The summed E-state index contributed by atoms with van der Waals surface area (Å²) in [6.45, 7) is 0. The number of benzene rings is 2. The second kappa shape index (κ2) is 8.39. The molecule has 0 aliphatic carbocycles. The number of aromatic nitrogens is 2. The Balaban J connectivity index is 1.58. The van der Waals surface area contributed by atoms with Crippen molar-refractivity contribution in [2.24, 2.45) is 7.05 Å². The van der Waals surface area contributed by atoms with Crippen LogP contribution in [0.3, 0.4) is 0 Å². The monoisotopic (exact) mass is 411 g/mol. The standard InChI is InChI=1S/C20H17N3O5S/c1-23-9-7-18(22-23)21-20(24)14-11-13-8-10-26-19(13)17(12-14)27-15-3-5-16(6-4-15)29-28-25-2/h3-12H,1-2H3,(H,21,22,24). The quantitative estimate of drug-likeness (QED) is 0.266. The maximum atomic E-state index is 12.7. The molecule has 0 fully saturated rings. The fourth-order valence-corrected chi connectivity index (χ4v) is 3.08. The number of nitrogens with one attached hydrogen (secondary N) is 1. The Kier molecular flexibility index (Phi) is 5.52. The van der Waals surface area contributed by atoms with Crippen molar-refractivity contribution in [2.75, 3.05) is 12.4 Å². The number of rotatable bonds is 7. The Hall–Kier alpha value is -3.27. The third-order valence-corrected chi connectivity index (χ3v) is 4.65. The fraction of sp³-hybridized carbons (Fsp3) is 0.100. The molecule has 0 saturated heterocycles. The van der Waals surface area contributed by atoms with E-state index >= 15 is 0 Å². The second-order valence-electron chi connectivity index (χ2n) is 6.03. The van der Waals surface area contributed by atoms with Crippen LogP contribution in [0.4, 0.5) is 5.82 Å². The number of aryl methyl sites for hydroxylation is 1. The molecule has 0 atom stereocenters. The first-order chi connectivity index (χ1) is 14.1. The van der Waals surface area contributed by atoms with Crippen molar-refractivity contribution in [3.05, 3.63) is 66.6 Å². The number of nitrogens with zero attached hydrogens (tertiary/aromatic N) is 2. The molecule has 4 aromatic rings. The van der Waals surface area contributed by atoms with Crippen LogP contribution in [0, 0.1) is 0 Å². The van der Waals surface area contributed by atoms with Crippen molar-refractivity contribution < 1.29 is 23.2 Å². The van der Waals surface area contributed by atoms with Gasteiger partial charge in [-0.05, 0) is 42.5 Å². The zero-order chi connectivity index (χ0) is 20.2. The summed E-state index contributed by atoms with van der Waals surface area (Å²) in [7, 11) is 3.22. The molecule has 0 bridgehead atoms. The van der Waals surface area contributed by atoms with E-state index in [0.717, 1.165) is 22.3 Å². The summed E-state index contributed by atoms with van der Waals surface area (Å²) >= 11 is 1.09. The third-order valence-electron chi connectivity index (χ3n) is 3.98. The van der Waals surface area contributed by atoms with Gasteiger partial charge in [0.25, 0.3) is 5.91 Å². The molecule has 148 valence electrons. The Bertz CT molecular complexity index is 1140. The summed E-state index contributed by atoms with van der Waals surface area (Å²) in [4.78, 5) is 18.1. The van der Waals surface area contributed by atoms with E-state index in [1.165, 1.54) is 7.11 Å². The Morgan fingerprint density at radius 2 is 2.00 bits per heavy atom. The van der Waals surface area contributed by atoms with Crippen LogP contribution in [0.2, 0.25) is 0 Å². The van der Waals surface area contributed by atoms with Gasteiger partial charge in [-0.15, -0.1) is 0 Å². The number of ether oxygens (including phenoxy) is 1. The predicted octanol–water partition coefficient (Wildman–Crippen LogP) is 4.80. The number of hydrogen-bond acceptors (Lipinski definition) is 7. The minimum atomic E-state index is -0.292. The van der Waals surface area contributed by atoms with Gasteiger partial charge in [0.05, 0.1) is 25.4 Å². The molecule has 0 spiro atoms. The fourth-order valence-electron chi connectivity index (χ4n) is 2.69. The van der Waals surface area contributed by atoms with Crippen molar-refractivity contribution in [1.82, 2.24) is 9.78 Å². The Morgan fingerprint density at radius 3 is 2.72 bits per heavy atom. The highest BCUT2D eigenvalue weighted by molar-refractivity contribution is 7.94. The van der Waals surface area contributed by atoms with E-state index in [0.29, 0.717) is 28.5 Å². The van der Waals surface area contributed by atoms with Crippen LogP contribution in [0.1, 0.15) is 10.4 Å². The first-order valence-electron chi connectivity index (χ1n) is 8.60. The molecule has 1 amide bonds. The van der Waals surface area contributed by atoms with Crippen LogP contribution in [-0.2, 0) is 16.3 Å². The molecule has 0 aliphatic rings. The lowest BCUT2D eigenvalue weighted by Gasteiger charge is -2.09. The first kappa shape index (κ1) is 19.1. The van der Waals surface area contributed by atoms with Crippen LogP contribution >= 0.6 is 12.0 Å². The summed E-state index contributed by atoms with van der Waals surface area (Å²) < 4.78 is 18.0. The molecule has 4 rings (SSSR count). The van der Waals surface area contributed by atoms with Gasteiger partial charge in [0.15, 0.2) is 17.2 Å². The van der Waals surface area contributed by atoms with Gasteiger partial charge in [-0.3, -0.25) is 9.48 Å². The van der Waals surface area contributed by atoms with Crippen molar-refractivity contribution in [3.8, 4) is 11.5 Å². The lowest BCUT2D eigenvalue weighted by atomic mass is 10.1. The van der Waals surface area contributed by atoms with E-state index in [9.17, 15) is 4.79 Å². The van der Waals surface area contributed by atoms with E-state index in [-0.39, 0.29) is 5.91 Å². The number of amides is 1. The van der Waals surface area contributed by atoms with Crippen molar-refractivity contribution in [1.29, 1.82) is 0 Å². The molecule has 0 aliphatic heterocycles. The van der Waals surface area contributed by atoms with E-state index in [2.05, 4.69) is 15.3 Å². The maximum absolute atomic E-state index is 12.7. The molecular formula is C20H17N3O5S. The Morgan fingerprint density at radius 1 is 1.17 bits per heavy atom. The van der Waals surface area contributed by atoms with E-state index in [1.807, 2.05) is 12.1 Å². The number of fused-ring (bicyclic) bond motifs is 1. The van der Waals surface area contributed by atoms with Crippen LogP contribution in [0.15, 0.2) is 70.3 Å². The van der Waals surface area contributed by atoms with Gasteiger partial charge in [-0.1, -0.05) is 0 Å². The summed E-state index contributed by atoms with van der Waals surface area (Å²) in [5.74, 6) is 1.21. The normalized spacial score (nSPS) is 11.0. The molecule has 8 nitrogen and oxygen atoms in total. The number of anilines is 1. The highest BCUT2D eigenvalue weighted by atomic mass is 32.2. The van der Waals surface area contributed by atoms with Gasteiger partial charge >= 0.3 is 0 Å². The number of carbonyl (C=O) groups excluding carboxylic acids is 1. The minimum absolute atomic E-state index is 0.292. The zero-order valence-electron chi connectivity index (χ0n) is 15.6. The molecular weight excluding hydrogens is 394 g/mol. The number of hydrogen-bond donors (Lipinski definition) is 1. The molecule has 2 aromatic carbocycles. The van der Waals surface area contributed by atoms with Crippen LogP contribution in [0.25, 0.3) is 11.0 Å². The van der Waals surface area contributed by atoms with Gasteiger partial charge in [0, 0.05) is 35.2 Å². The third kappa shape index (κ3) is 4.43. The average Bonchev–Trinajstić information content (AvgIpc) is 3.36. The topological polar surface area (TPSA) is 87.8 Å². The minimum Gasteiger partial charge on any atom is -0.460 e. The molecule has 0 saturated carbocycles.